The first-order valence-electron chi connectivity index (χ1n) is 7.50. The van der Waals surface area contributed by atoms with Crippen LogP contribution in [-0.4, -0.2) is 17.8 Å². The first-order valence-corrected chi connectivity index (χ1v) is 7.50. The minimum atomic E-state index is -0.388. The lowest BCUT2D eigenvalue weighted by molar-refractivity contribution is 0.0307. The van der Waals surface area contributed by atoms with Gasteiger partial charge in [-0.3, -0.25) is 0 Å². The normalized spacial score (nSPS) is 24.9. The topological polar surface area (TPSA) is 29.5 Å². The molecule has 1 N–H and O–H groups in total. The van der Waals surface area contributed by atoms with E-state index in [-0.39, 0.29) is 18.1 Å². The zero-order valence-electron chi connectivity index (χ0n) is 12.3. The fourth-order valence-electron chi connectivity index (χ4n) is 3.02. The van der Waals surface area contributed by atoms with Crippen LogP contribution in [0.1, 0.15) is 50.8 Å². The van der Waals surface area contributed by atoms with Crippen molar-refractivity contribution in [3.8, 4) is 0 Å². The summed E-state index contributed by atoms with van der Waals surface area (Å²) in [5.41, 5.74) is 2.38. The summed E-state index contributed by atoms with van der Waals surface area (Å²) in [4.78, 5) is 0. The summed E-state index contributed by atoms with van der Waals surface area (Å²) in [5, 5.41) is 10.5. The Hall–Kier alpha value is -0.860. The van der Waals surface area contributed by atoms with Crippen LogP contribution in [0.5, 0.6) is 0 Å². The molecule has 2 rings (SSSR count). The summed E-state index contributed by atoms with van der Waals surface area (Å²) in [5.74, 6) is 0.921. The summed E-state index contributed by atoms with van der Waals surface area (Å²) >= 11 is 0. The van der Waals surface area contributed by atoms with E-state index >= 15 is 0 Å². The number of benzene rings is 1. The highest BCUT2D eigenvalue weighted by Gasteiger charge is 2.33. The molecule has 1 aromatic rings. The maximum atomic E-state index is 10.5. The van der Waals surface area contributed by atoms with E-state index in [4.69, 9.17) is 4.74 Å². The van der Waals surface area contributed by atoms with Gasteiger partial charge in [-0.25, -0.2) is 0 Å². The van der Waals surface area contributed by atoms with E-state index in [2.05, 4.69) is 45.0 Å². The third-order valence-electron chi connectivity index (χ3n) is 4.03. The van der Waals surface area contributed by atoms with Gasteiger partial charge in [0.1, 0.15) is 0 Å². The molecule has 0 aliphatic carbocycles. The number of hydrogen-bond donors (Lipinski definition) is 1. The minimum absolute atomic E-state index is 0.213. The van der Waals surface area contributed by atoms with Gasteiger partial charge >= 0.3 is 0 Å². The first-order chi connectivity index (χ1) is 9.11. The Morgan fingerprint density at radius 1 is 1.26 bits per heavy atom. The molecule has 1 aliphatic rings. The Morgan fingerprint density at radius 3 is 2.53 bits per heavy atom. The minimum Gasteiger partial charge on any atom is -0.388 e. The van der Waals surface area contributed by atoms with Gasteiger partial charge < -0.3 is 9.84 Å². The van der Waals surface area contributed by atoms with Gasteiger partial charge in [-0.15, -0.1) is 0 Å². The van der Waals surface area contributed by atoms with Crippen molar-refractivity contribution in [2.24, 2.45) is 11.8 Å². The second kappa shape index (κ2) is 6.53. The van der Waals surface area contributed by atoms with Crippen LogP contribution in [0, 0.1) is 11.8 Å². The van der Waals surface area contributed by atoms with Gasteiger partial charge in [-0.05, 0) is 36.3 Å². The second-order valence-electron chi connectivity index (χ2n) is 6.05. The van der Waals surface area contributed by atoms with Crippen molar-refractivity contribution in [3.63, 3.8) is 0 Å². The van der Waals surface area contributed by atoms with Crippen LogP contribution in [0.2, 0.25) is 0 Å². The number of aliphatic hydroxyl groups excluding tert-OH is 1. The third-order valence-corrected chi connectivity index (χ3v) is 4.03. The van der Waals surface area contributed by atoms with E-state index in [1.807, 2.05) is 0 Å². The SMILES string of the molecule is CCC1OCCC1C(O)c1ccc(CC(C)C)cc1. The molecule has 1 fully saturated rings. The summed E-state index contributed by atoms with van der Waals surface area (Å²) in [6.07, 6.45) is 2.87. The monoisotopic (exact) mass is 262 g/mol. The number of aliphatic hydroxyl groups is 1. The lowest BCUT2D eigenvalue weighted by Crippen LogP contribution is -2.22. The summed E-state index contributed by atoms with van der Waals surface area (Å²) < 4.78 is 5.67. The van der Waals surface area contributed by atoms with Crippen molar-refractivity contribution in [3.05, 3.63) is 35.4 Å². The predicted molar refractivity (Wildman–Crippen MR) is 78.1 cm³/mol. The largest absolute Gasteiger partial charge is 0.388 e. The Labute approximate surface area is 116 Å². The van der Waals surface area contributed by atoms with Crippen LogP contribution >= 0.6 is 0 Å². The Morgan fingerprint density at radius 2 is 1.95 bits per heavy atom. The molecular formula is C17H26O2. The van der Waals surface area contributed by atoms with Crippen molar-refractivity contribution in [1.29, 1.82) is 0 Å². The van der Waals surface area contributed by atoms with Crippen molar-refractivity contribution < 1.29 is 9.84 Å². The van der Waals surface area contributed by atoms with E-state index in [1.54, 1.807) is 0 Å². The molecule has 1 saturated heterocycles. The molecule has 1 heterocycles. The molecule has 1 aromatic carbocycles. The highest BCUT2D eigenvalue weighted by Crippen LogP contribution is 2.34. The molecule has 2 heteroatoms. The Kier molecular flexibility index (Phi) is 5.00. The zero-order valence-corrected chi connectivity index (χ0v) is 12.3. The molecule has 3 unspecified atom stereocenters. The molecule has 0 aromatic heterocycles. The lowest BCUT2D eigenvalue weighted by Gasteiger charge is -2.23. The summed E-state index contributed by atoms with van der Waals surface area (Å²) in [6.45, 7) is 7.36. The van der Waals surface area contributed by atoms with Crippen LogP contribution in [-0.2, 0) is 11.2 Å². The molecule has 3 atom stereocenters. The molecule has 1 aliphatic heterocycles. The average molecular weight is 262 g/mol. The fraction of sp³-hybridized carbons (Fsp3) is 0.647. The van der Waals surface area contributed by atoms with Gasteiger partial charge in [0.25, 0.3) is 0 Å². The molecule has 19 heavy (non-hydrogen) atoms. The van der Waals surface area contributed by atoms with E-state index in [0.29, 0.717) is 5.92 Å². The molecule has 2 nitrogen and oxygen atoms in total. The molecule has 0 radical (unpaired) electrons. The third kappa shape index (κ3) is 3.58. The van der Waals surface area contributed by atoms with Gasteiger partial charge in [-0.2, -0.15) is 0 Å². The van der Waals surface area contributed by atoms with Crippen molar-refractivity contribution >= 4 is 0 Å². The summed E-state index contributed by atoms with van der Waals surface area (Å²) in [6, 6.07) is 8.45. The highest BCUT2D eigenvalue weighted by atomic mass is 16.5. The summed E-state index contributed by atoms with van der Waals surface area (Å²) in [7, 11) is 0. The Balaban J connectivity index is 2.04. The predicted octanol–water partition coefficient (Wildman–Crippen LogP) is 3.73. The van der Waals surface area contributed by atoms with Gasteiger partial charge in [0.05, 0.1) is 12.2 Å². The standard InChI is InChI=1S/C17H26O2/c1-4-16-15(9-10-19-16)17(18)14-7-5-13(6-8-14)11-12(2)3/h5-8,12,15-18H,4,9-11H2,1-3H3. The molecule has 0 bridgehead atoms. The zero-order chi connectivity index (χ0) is 13.8. The van der Waals surface area contributed by atoms with Gasteiger partial charge in [0.15, 0.2) is 0 Å². The van der Waals surface area contributed by atoms with Crippen LogP contribution in [0.3, 0.4) is 0 Å². The van der Waals surface area contributed by atoms with Crippen LogP contribution in [0.4, 0.5) is 0 Å². The maximum Gasteiger partial charge on any atom is 0.0843 e. The molecular weight excluding hydrogens is 236 g/mol. The quantitative estimate of drug-likeness (QED) is 0.876. The van der Waals surface area contributed by atoms with Crippen LogP contribution in [0.15, 0.2) is 24.3 Å². The second-order valence-corrected chi connectivity index (χ2v) is 6.05. The number of hydrogen-bond acceptors (Lipinski definition) is 2. The van der Waals surface area contributed by atoms with Gasteiger partial charge in [0, 0.05) is 12.5 Å². The number of ether oxygens (including phenoxy) is 1. The van der Waals surface area contributed by atoms with Crippen LogP contribution < -0.4 is 0 Å². The van der Waals surface area contributed by atoms with Crippen molar-refractivity contribution in [1.82, 2.24) is 0 Å². The smallest absolute Gasteiger partial charge is 0.0843 e. The van der Waals surface area contributed by atoms with E-state index in [1.165, 1.54) is 5.56 Å². The molecule has 106 valence electrons. The van der Waals surface area contributed by atoms with Crippen LogP contribution in [0.25, 0.3) is 0 Å². The van der Waals surface area contributed by atoms with Gasteiger partial charge in [-0.1, -0.05) is 45.0 Å². The number of rotatable bonds is 5. The van der Waals surface area contributed by atoms with Gasteiger partial charge in [0.2, 0.25) is 0 Å². The molecule has 0 saturated carbocycles. The van der Waals surface area contributed by atoms with E-state index in [0.717, 1.165) is 31.4 Å². The van der Waals surface area contributed by atoms with E-state index < -0.39 is 0 Å². The first kappa shape index (κ1) is 14.5. The van der Waals surface area contributed by atoms with Crippen molar-refractivity contribution in [2.75, 3.05) is 6.61 Å². The van der Waals surface area contributed by atoms with E-state index in [9.17, 15) is 5.11 Å². The Bertz CT molecular complexity index is 383. The highest BCUT2D eigenvalue weighted by molar-refractivity contribution is 5.25. The average Bonchev–Trinajstić information content (AvgIpc) is 2.86. The van der Waals surface area contributed by atoms with Crippen molar-refractivity contribution in [2.45, 2.75) is 52.2 Å². The molecule has 0 spiro atoms. The fourth-order valence-corrected chi connectivity index (χ4v) is 3.02. The maximum absolute atomic E-state index is 10.5. The molecule has 0 amide bonds. The lowest BCUT2D eigenvalue weighted by atomic mass is 9.88.